The zero-order chi connectivity index (χ0) is 15.3. The van der Waals surface area contributed by atoms with E-state index in [4.69, 9.17) is 0 Å². The first kappa shape index (κ1) is 21.8. The summed E-state index contributed by atoms with van der Waals surface area (Å²) in [6, 6.07) is 2.51. The van der Waals surface area contributed by atoms with Crippen molar-refractivity contribution in [2.75, 3.05) is 18.5 Å². The van der Waals surface area contributed by atoms with Crippen molar-refractivity contribution in [3.63, 3.8) is 0 Å². The fraction of sp³-hybridized carbons (Fsp3) is 0.538. The lowest BCUT2D eigenvalue weighted by Gasteiger charge is -2.22. The Morgan fingerprint density at radius 2 is 2.09 bits per heavy atom. The lowest BCUT2D eigenvalue weighted by atomic mass is 10.0. The highest BCUT2D eigenvalue weighted by molar-refractivity contribution is 5.94. The van der Waals surface area contributed by atoms with E-state index in [0.717, 1.165) is 25.8 Å². The van der Waals surface area contributed by atoms with Crippen LogP contribution in [0.25, 0.3) is 0 Å². The quantitative estimate of drug-likeness (QED) is 0.848. The standard InChI is InChI=1S/C13H16F3N3O2.2ClH/c14-13(15,16)8-21-11-5-4-9(7-18-11)19-12(20)10-3-1-2-6-17-10;;/h4-5,7,10,17H,1-3,6,8H2,(H,19,20);2*1H/t10-;;/m1../s1. The average Bonchev–Trinajstić information content (AvgIpc) is 2.46. The molecule has 2 heterocycles. The molecule has 1 saturated heterocycles. The molecular formula is C13H18Cl2F3N3O2. The Balaban J connectivity index is 0.00000242. The smallest absolute Gasteiger partial charge is 0.422 e. The van der Waals surface area contributed by atoms with Crippen LogP contribution in [0.4, 0.5) is 18.9 Å². The van der Waals surface area contributed by atoms with Gasteiger partial charge in [-0.15, -0.1) is 24.8 Å². The van der Waals surface area contributed by atoms with Crippen LogP contribution in [-0.4, -0.2) is 36.3 Å². The number of nitrogens with zero attached hydrogens (tertiary/aromatic N) is 1. The third-order valence-electron chi connectivity index (χ3n) is 3.01. The SMILES string of the molecule is Cl.Cl.O=C(Nc1ccc(OCC(F)(F)F)nc1)[C@H]1CCCCN1. The molecule has 0 bridgehead atoms. The van der Waals surface area contributed by atoms with Gasteiger partial charge < -0.3 is 15.4 Å². The van der Waals surface area contributed by atoms with Crippen LogP contribution in [0.15, 0.2) is 18.3 Å². The van der Waals surface area contributed by atoms with Gasteiger partial charge in [-0.25, -0.2) is 4.98 Å². The van der Waals surface area contributed by atoms with Crippen molar-refractivity contribution in [3.05, 3.63) is 18.3 Å². The molecule has 0 aromatic carbocycles. The number of anilines is 1. The van der Waals surface area contributed by atoms with Gasteiger partial charge in [-0.05, 0) is 25.5 Å². The van der Waals surface area contributed by atoms with Crippen molar-refractivity contribution in [1.29, 1.82) is 0 Å². The summed E-state index contributed by atoms with van der Waals surface area (Å²) in [5.74, 6) is -0.304. The average molecular weight is 376 g/mol. The normalized spacial score (nSPS) is 17.4. The summed E-state index contributed by atoms with van der Waals surface area (Å²) in [5, 5.41) is 5.77. The third-order valence-corrected chi connectivity index (χ3v) is 3.01. The second-order valence-electron chi connectivity index (χ2n) is 4.78. The minimum atomic E-state index is -4.40. The van der Waals surface area contributed by atoms with Gasteiger partial charge in [0.25, 0.3) is 0 Å². The van der Waals surface area contributed by atoms with Crippen LogP contribution in [0.5, 0.6) is 5.88 Å². The number of pyridine rings is 1. The van der Waals surface area contributed by atoms with Crippen molar-refractivity contribution < 1.29 is 22.7 Å². The summed E-state index contributed by atoms with van der Waals surface area (Å²) >= 11 is 0. The summed E-state index contributed by atoms with van der Waals surface area (Å²) in [6.07, 6.45) is -0.316. The Bertz CT molecular complexity index is 480. The zero-order valence-electron chi connectivity index (χ0n) is 12.1. The van der Waals surface area contributed by atoms with Crippen molar-refractivity contribution in [2.45, 2.75) is 31.5 Å². The number of piperidine rings is 1. The maximum atomic E-state index is 12.0. The summed E-state index contributed by atoms with van der Waals surface area (Å²) in [6.45, 7) is -0.585. The molecule has 1 aromatic rings. The number of alkyl halides is 3. The molecule has 1 fully saturated rings. The molecule has 5 nitrogen and oxygen atoms in total. The van der Waals surface area contributed by atoms with E-state index in [1.807, 2.05) is 0 Å². The van der Waals surface area contributed by atoms with Gasteiger partial charge in [0.05, 0.1) is 17.9 Å². The molecule has 1 aliphatic rings. The van der Waals surface area contributed by atoms with Gasteiger partial charge in [-0.3, -0.25) is 4.79 Å². The number of carbonyl (C=O) groups is 1. The van der Waals surface area contributed by atoms with Crippen molar-refractivity contribution >= 4 is 36.4 Å². The Labute approximate surface area is 144 Å². The Kier molecular flexibility index (Phi) is 9.26. The van der Waals surface area contributed by atoms with Crippen LogP contribution in [0, 0.1) is 0 Å². The topological polar surface area (TPSA) is 63.2 Å². The Morgan fingerprint density at radius 1 is 1.35 bits per heavy atom. The van der Waals surface area contributed by atoms with Gasteiger partial charge >= 0.3 is 6.18 Å². The van der Waals surface area contributed by atoms with Crippen LogP contribution in [0.1, 0.15) is 19.3 Å². The van der Waals surface area contributed by atoms with Crippen LogP contribution in [0.2, 0.25) is 0 Å². The maximum Gasteiger partial charge on any atom is 0.422 e. The molecule has 10 heteroatoms. The second-order valence-corrected chi connectivity index (χ2v) is 4.78. The summed E-state index contributed by atoms with van der Waals surface area (Å²) in [4.78, 5) is 15.7. The number of amides is 1. The van der Waals surface area contributed by atoms with E-state index in [2.05, 4.69) is 20.4 Å². The molecule has 1 aromatic heterocycles. The maximum absolute atomic E-state index is 12.0. The van der Waals surface area contributed by atoms with E-state index in [1.54, 1.807) is 0 Å². The zero-order valence-corrected chi connectivity index (χ0v) is 13.7. The van der Waals surface area contributed by atoms with Crippen LogP contribution in [0.3, 0.4) is 0 Å². The van der Waals surface area contributed by atoms with Gasteiger partial charge in [0.1, 0.15) is 0 Å². The van der Waals surface area contributed by atoms with Crippen LogP contribution < -0.4 is 15.4 Å². The molecule has 1 atom stereocenters. The lowest BCUT2D eigenvalue weighted by Crippen LogP contribution is -2.43. The van der Waals surface area contributed by atoms with E-state index in [0.29, 0.717) is 5.69 Å². The molecular weight excluding hydrogens is 358 g/mol. The highest BCUT2D eigenvalue weighted by Gasteiger charge is 2.28. The first-order valence-corrected chi connectivity index (χ1v) is 6.64. The number of carbonyl (C=O) groups excluding carboxylic acids is 1. The molecule has 2 N–H and O–H groups in total. The predicted octanol–water partition coefficient (Wildman–Crippen LogP) is 2.95. The second kappa shape index (κ2) is 9.79. The van der Waals surface area contributed by atoms with E-state index in [9.17, 15) is 18.0 Å². The van der Waals surface area contributed by atoms with E-state index < -0.39 is 12.8 Å². The monoisotopic (exact) mass is 375 g/mol. The molecule has 132 valence electrons. The first-order valence-electron chi connectivity index (χ1n) is 6.64. The number of ether oxygens (including phenoxy) is 1. The van der Waals surface area contributed by atoms with Gasteiger partial charge in [0.15, 0.2) is 6.61 Å². The molecule has 23 heavy (non-hydrogen) atoms. The minimum absolute atomic E-state index is 0. The van der Waals surface area contributed by atoms with Crippen LogP contribution in [-0.2, 0) is 4.79 Å². The third kappa shape index (κ3) is 7.71. The van der Waals surface area contributed by atoms with Gasteiger partial charge in [-0.2, -0.15) is 13.2 Å². The predicted molar refractivity (Wildman–Crippen MR) is 84.6 cm³/mol. The Hall–Kier alpha value is -1.25. The van der Waals surface area contributed by atoms with Crippen molar-refractivity contribution in [2.24, 2.45) is 0 Å². The number of hydrogen-bond acceptors (Lipinski definition) is 4. The number of aromatic nitrogens is 1. The minimum Gasteiger partial charge on any atom is -0.468 e. The molecule has 2 rings (SSSR count). The highest BCUT2D eigenvalue weighted by Crippen LogP contribution is 2.18. The Morgan fingerprint density at radius 3 is 2.61 bits per heavy atom. The van der Waals surface area contributed by atoms with Crippen molar-refractivity contribution in [1.82, 2.24) is 10.3 Å². The molecule has 0 radical (unpaired) electrons. The van der Waals surface area contributed by atoms with Gasteiger partial charge in [0, 0.05) is 6.07 Å². The van der Waals surface area contributed by atoms with Gasteiger partial charge in [0.2, 0.25) is 11.8 Å². The molecule has 0 aliphatic carbocycles. The first-order chi connectivity index (χ1) is 9.94. The molecule has 0 unspecified atom stereocenters. The highest BCUT2D eigenvalue weighted by atomic mass is 35.5. The number of rotatable bonds is 4. The summed E-state index contributed by atoms with van der Waals surface area (Å²) in [5.41, 5.74) is 0.423. The number of hydrogen-bond donors (Lipinski definition) is 2. The van der Waals surface area contributed by atoms with E-state index >= 15 is 0 Å². The molecule has 1 amide bonds. The largest absolute Gasteiger partial charge is 0.468 e. The fourth-order valence-corrected chi connectivity index (χ4v) is 2.00. The molecule has 1 aliphatic heterocycles. The fourth-order valence-electron chi connectivity index (χ4n) is 2.00. The summed E-state index contributed by atoms with van der Waals surface area (Å²) in [7, 11) is 0. The molecule has 0 spiro atoms. The number of halogens is 5. The van der Waals surface area contributed by atoms with Crippen molar-refractivity contribution in [3.8, 4) is 5.88 Å². The lowest BCUT2D eigenvalue weighted by molar-refractivity contribution is -0.154. The molecule has 0 saturated carbocycles. The van der Waals surface area contributed by atoms with E-state index in [-0.39, 0.29) is 42.6 Å². The number of nitrogens with one attached hydrogen (secondary N) is 2. The van der Waals surface area contributed by atoms with E-state index in [1.165, 1.54) is 18.3 Å². The van der Waals surface area contributed by atoms with Crippen LogP contribution >= 0.6 is 24.8 Å². The van der Waals surface area contributed by atoms with Gasteiger partial charge in [-0.1, -0.05) is 6.42 Å². The summed E-state index contributed by atoms with van der Waals surface area (Å²) < 4.78 is 40.4.